The topological polar surface area (TPSA) is 58.1 Å². The van der Waals surface area contributed by atoms with Gasteiger partial charge in [0.2, 0.25) is 5.95 Å². The highest BCUT2D eigenvalue weighted by atomic mass is 35.5. The van der Waals surface area contributed by atoms with Crippen LogP contribution in [-0.4, -0.2) is 33.9 Å². The van der Waals surface area contributed by atoms with Crippen molar-refractivity contribution < 1.29 is 4.79 Å². The summed E-state index contributed by atoms with van der Waals surface area (Å²) in [6, 6.07) is 8.90. The van der Waals surface area contributed by atoms with Crippen molar-refractivity contribution >= 4 is 29.1 Å². The third-order valence-corrected chi connectivity index (χ3v) is 3.87. The van der Waals surface area contributed by atoms with Crippen LogP contribution in [0.2, 0.25) is 5.02 Å². The van der Waals surface area contributed by atoms with Crippen molar-refractivity contribution in [1.82, 2.24) is 14.9 Å². The van der Waals surface area contributed by atoms with Gasteiger partial charge in [0.15, 0.2) is 0 Å². The first-order chi connectivity index (χ1) is 10.7. The summed E-state index contributed by atoms with van der Waals surface area (Å²) < 4.78 is 0. The minimum absolute atomic E-state index is 0.0266. The number of hydrogen-bond donors (Lipinski definition) is 1. The molecular weight excluding hydrogens is 300 g/mol. The zero-order valence-electron chi connectivity index (χ0n) is 12.1. The summed E-state index contributed by atoms with van der Waals surface area (Å²) >= 11 is 5.86. The van der Waals surface area contributed by atoms with Gasteiger partial charge in [0.05, 0.1) is 0 Å². The largest absolute Gasteiger partial charge is 0.337 e. The van der Waals surface area contributed by atoms with Gasteiger partial charge in [-0.15, -0.1) is 0 Å². The van der Waals surface area contributed by atoms with Gasteiger partial charge in [-0.3, -0.25) is 4.79 Å². The number of carbonyl (C=O) groups is 1. The molecule has 2 heterocycles. The van der Waals surface area contributed by atoms with Crippen molar-refractivity contribution in [2.45, 2.75) is 19.3 Å². The SMILES string of the molecule is O=C(c1ccnc(Nc2ccc(Cl)cc2)n1)N1CCCCC1. The van der Waals surface area contributed by atoms with E-state index in [9.17, 15) is 4.79 Å². The molecule has 1 aliphatic heterocycles. The minimum atomic E-state index is -0.0266. The third kappa shape index (κ3) is 3.54. The van der Waals surface area contributed by atoms with Crippen molar-refractivity contribution in [3.63, 3.8) is 0 Å². The molecule has 1 aromatic carbocycles. The second-order valence-electron chi connectivity index (χ2n) is 5.25. The summed E-state index contributed by atoms with van der Waals surface area (Å²) in [5, 5.41) is 3.74. The average molecular weight is 317 g/mol. The van der Waals surface area contributed by atoms with E-state index in [1.165, 1.54) is 6.42 Å². The number of halogens is 1. The highest BCUT2D eigenvalue weighted by molar-refractivity contribution is 6.30. The lowest BCUT2D eigenvalue weighted by Gasteiger charge is -2.26. The molecule has 5 nitrogen and oxygen atoms in total. The van der Waals surface area contributed by atoms with Crippen LogP contribution in [-0.2, 0) is 0 Å². The fourth-order valence-corrected chi connectivity index (χ4v) is 2.59. The second-order valence-corrected chi connectivity index (χ2v) is 5.69. The van der Waals surface area contributed by atoms with Gasteiger partial charge in [-0.1, -0.05) is 11.6 Å². The van der Waals surface area contributed by atoms with Crippen molar-refractivity contribution in [3.05, 3.63) is 47.2 Å². The maximum absolute atomic E-state index is 12.4. The molecule has 0 radical (unpaired) electrons. The van der Waals surface area contributed by atoms with Crippen molar-refractivity contribution in [2.75, 3.05) is 18.4 Å². The van der Waals surface area contributed by atoms with E-state index in [2.05, 4.69) is 15.3 Å². The number of benzene rings is 1. The summed E-state index contributed by atoms with van der Waals surface area (Å²) in [5.41, 5.74) is 1.25. The number of likely N-dealkylation sites (tertiary alicyclic amines) is 1. The summed E-state index contributed by atoms with van der Waals surface area (Å²) in [4.78, 5) is 22.8. The molecule has 3 rings (SSSR count). The van der Waals surface area contributed by atoms with Crippen LogP contribution in [0.1, 0.15) is 29.8 Å². The van der Waals surface area contributed by atoms with Crippen molar-refractivity contribution in [1.29, 1.82) is 0 Å². The lowest BCUT2D eigenvalue weighted by molar-refractivity contribution is 0.0718. The molecule has 114 valence electrons. The van der Waals surface area contributed by atoms with Crippen LogP contribution < -0.4 is 5.32 Å². The molecule has 1 amide bonds. The number of rotatable bonds is 3. The molecule has 1 N–H and O–H groups in total. The molecule has 0 unspecified atom stereocenters. The Morgan fingerprint density at radius 2 is 1.82 bits per heavy atom. The van der Waals surface area contributed by atoms with Gasteiger partial charge in [-0.05, 0) is 49.6 Å². The highest BCUT2D eigenvalue weighted by Crippen LogP contribution is 2.17. The maximum Gasteiger partial charge on any atom is 0.272 e. The molecule has 6 heteroatoms. The van der Waals surface area contributed by atoms with Crippen LogP contribution in [0.4, 0.5) is 11.6 Å². The van der Waals surface area contributed by atoms with Gasteiger partial charge in [0.1, 0.15) is 5.69 Å². The molecule has 22 heavy (non-hydrogen) atoms. The van der Waals surface area contributed by atoms with Gasteiger partial charge in [-0.2, -0.15) is 0 Å². The normalized spacial score (nSPS) is 14.7. The predicted molar refractivity (Wildman–Crippen MR) is 86.5 cm³/mol. The predicted octanol–water partition coefficient (Wildman–Crippen LogP) is 3.50. The number of amides is 1. The standard InChI is InChI=1S/C16H17ClN4O/c17-12-4-6-13(7-5-12)19-16-18-9-8-14(20-16)15(22)21-10-2-1-3-11-21/h4-9H,1-3,10-11H2,(H,18,19,20). The molecule has 2 aromatic rings. The number of carbonyl (C=O) groups excluding carboxylic acids is 1. The Hall–Kier alpha value is -2.14. The molecule has 0 spiro atoms. The van der Waals surface area contributed by atoms with Gasteiger partial charge < -0.3 is 10.2 Å². The average Bonchev–Trinajstić information content (AvgIpc) is 2.57. The van der Waals surface area contributed by atoms with E-state index in [4.69, 9.17) is 11.6 Å². The van der Waals surface area contributed by atoms with Gasteiger partial charge in [0.25, 0.3) is 5.91 Å². The first kappa shape index (κ1) is 14.8. The van der Waals surface area contributed by atoms with Gasteiger partial charge >= 0.3 is 0 Å². The molecule has 1 aromatic heterocycles. The molecule has 0 saturated carbocycles. The van der Waals surface area contributed by atoms with Crippen LogP contribution in [0.25, 0.3) is 0 Å². The maximum atomic E-state index is 12.4. The summed E-state index contributed by atoms with van der Waals surface area (Å²) in [5.74, 6) is 0.381. The van der Waals surface area contributed by atoms with Crippen LogP contribution in [0.5, 0.6) is 0 Å². The number of nitrogens with zero attached hydrogens (tertiary/aromatic N) is 3. The number of piperidine rings is 1. The quantitative estimate of drug-likeness (QED) is 0.941. The summed E-state index contributed by atoms with van der Waals surface area (Å²) in [6.07, 6.45) is 4.92. The van der Waals surface area contributed by atoms with E-state index in [1.807, 2.05) is 17.0 Å². The van der Waals surface area contributed by atoms with Crippen LogP contribution in [0.15, 0.2) is 36.5 Å². The van der Waals surface area contributed by atoms with E-state index in [1.54, 1.807) is 24.4 Å². The molecule has 1 fully saturated rings. The summed E-state index contributed by atoms with van der Waals surface area (Å²) in [7, 11) is 0. The number of aromatic nitrogens is 2. The lowest BCUT2D eigenvalue weighted by Crippen LogP contribution is -2.36. The first-order valence-corrected chi connectivity index (χ1v) is 7.75. The van der Waals surface area contributed by atoms with E-state index in [0.29, 0.717) is 16.7 Å². The second kappa shape index (κ2) is 6.75. The van der Waals surface area contributed by atoms with E-state index in [-0.39, 0.29) is 5.91 Å². The Morgan fingerprint density at radius 1 is 1.09 bits per heavy atom. The lowest BCUT2D eigenvalue weighted by atomic mass is 10.1. The van der Waals surface area contributed by atoms with E-state index in [0.717, 1.165) is 31.6 Å². The Bertz CT molecular complexity index is 653. The number of nitrogens with one attached hydrogen (secondary N) is 1. The van der Waals surface area contributed by atoms with Crippen LogP contribution in [0.3, 0.4) is 0 Å². The monoisotopic (exact) mass is 316 g/mol. The highest BCUT2D eigenvalue weighted by Gasteiger charge is 2.19. The van der Waals surface area contributed by atoms with Crippen molar-refractivity contribution in [3.8, 4) is 0 Å². The Labute approximate surface area is 134 Å². The Morgan fingerprint density at radius 3 is 2.55 bits per heavy atom. The van der Waals surface area contributed by atoms with E-state index >= 15 is 0 Å². The first-order valence-electron chi connectivity index (χ1n) is 7.37. The molecule has 1 aliphatic rings. The van der Waals surface area contributed by atoms with Crippen molar-refractivity contribution in [2.24, 2.45) is 0 Å². The number of anilines is 2. The number of hydrogen-bond acceptors (Lipinski definition) is 4. The summed E-state index contributed by atoms with van der Waals surface area (Å²) in [6.45, 7) is 1.62. The fraction of sp³-hybridized carbons (Fsp3) is 0.312. The molecule has 0 aliphatic carbocycles. The van der Waals surface area contributed by atoms with Crippen LogP contribution >= 0.6 is 11.6 Å². The molecular formula is C16H17ClN4O. The molecule has 1 saturated heterocycles. The van der Waals surface area contributed by atoms with Gasteiger partial charge in [0, 0.05) is 30.0 Å². The van der Waals surface area contributed by atoms with Gasteiger partial charge in [-0.25, -0.2) is 9.97 Å². The molecule has 0 atom stereocenters. The zero-order valence-corrected chi connectivity index (χ0v) is 12.9. The third-order valence-electron chi connectivity index (χ3n) is 3.62. The Kier molecular flexibility index (Phi) is 4.53. The fourth-order valence-electron chi connectivity index (χ4n) is 2.46. The van der Waals surface area contributed by atoms with E-state index < -0.39 is 0 Å². The Balaban J connectivity index is 1.74. The zero-order chi connectivity index (χ0) is 15.4. The smallest absolute Gasteiger partial charge is 0.272 e. The minimum Gasteiger partial charge on any atom is -0.337 e. The molecule has 0 bridgehead atoms. The van der Waals surface area contributed by atoms with Crippen LogP contribution in [0, 0.1) is 0 Å².